The molecule has 1 aliphatic carbocycles. The molecule has 5 amide bonds. The van der Waals surface area contributed by atoms with Crippen molar-refractivity contribution < 1.29 is 24.0 Å². The maximum Gasteiger partial charge on any atom is 0.315 e. The van der Waals surface area contributed by atoms with Crippen LogP contribution in [-0.4, -0.2) is 80.8 Å². The summed E-state index contributed by atoms with van der Waals surface area (Å²) in [6.07, 6.45) is 7.36. The third-order valence-electron chi connectivity index (χ3n) is 8.65. The first-order chi connectivity index (χ1) is 22.6. The summed E-state index contributed by atoms with van der Waals surface area (Å²) in [4.78, 5) is 81.2. The summed E-state index contributed by atoms with van der Waals surface area (Å²) >= 11 is 1.23. The molecular formula is C35H50N6O6S. The predicted octanol–water partition coefficient (Wildman–Crippen LogP) is 2.76. The van der Waals surface area contributed by atoms with E-state index in [0.717, 1.165) is 19.3 Å². The van der Waals surface area contributed by atoms with Gasteiger partial charge in [0.25, 0.3) is 17.2 Å². The van der Waals surface area contributed by atoms with Crippen LogP contribution in [0.15, 0.2) is 66.7 Å². The molecule has 1 unspecified atom stereocenters. The van der Waals surface area contributed by atoms with Crippen molar-refractivity contribution in [3.05, 3.63) is 72.2 Å². The van der Waals surface area contributed by atoms with Gasteiger partial charge in [-0.3, -0.25) is 24.0 Å². The second-order valence-corrected chi connectivity index (χ2v) is 15.1. The number of carbonyl (C=O) groups excluding carboxylic acids is 5. The van der Waals surface area contributed by atoms with Crippen LogP contribution in [0.25, 0.3) is 0 Å². The Bertz CT molecular complexity index is 1460. The van der Waals surface area contributed by atoms with Gasteiger partial charge in [0.1, 0.15) is 17.5 Å². The van der Waals surface area contributed by atoms with Crippen molar-refractivity contribution in [2.75, 3.05) is 13.1 Å². The van der Waals surface area contributed by atoms with Gasteiger partial charge in [-0.2, -0.15) is 0 Å². The van der Waals surface area contributed by atoms with Gasteiger partial charge < -0.3 is 30.7 Å². The molecule has 2 heterocycles. The fourth-order valence-electron chi connectivity index (χ4n) is 5.50. The lowest BCUT2D eigenvalue weighted by Crippen LogP contribution is -2.61. The van der Waals surface area contributed by atoms with Crippen LogP contribution in [0.2, 0.25) is 0 Å². The number of likely N-dealkylation sites (tertiary alicyclic amines) is 1. The van der Waals surface area contributed by atoms with E-state index in [-0.39, 0.29) is 36.4 Å². The molecule has 0 aromatic carbocycles. The number of ketones is 1. The minimum absolute atomic E-state index is 0.0310. The molecule has 262 valence electrons. The van der Waals surface area contributed by atoms with Gasteiger partial charge in [0, 0.05) is 43.1 Å². The molecule has 4 N–H and O–H groups in total. The molecule has 0 radical (unpaired) electrons. The molecule has 3 rings (SSSR count). The molecular weight excluding hydrogens is 632 g/mol. The average molecular weight is 683 g/mol. The number of nitrogens with one attached hydrogen (secondary N) is 4. The third kappa shape index (κ3) is 9.71. The van der Waals surface area contributed by atoms with Crippen molar-refractivity contribution in [3.63, 3.8) is 0 Å². The van der Waals surface area contributed by atoms with Crippen LogP contribution in [0, 0.1) is 17.3 Å². The normalized spacial score (nSPS) is 19.8. The Kier molecular flexibility index (Phi) is 13.4. The Hall–Kier alpha value is -4.13. The second-order valence-electron chi connectivity index (χ2n) is 13.7. The molecule has 2 aliphatic rings. The number of hydrogen-bond donors (Lipinski definition) is 4. The number of carbonyl (C=O) groups is 5. The van der Waals surface area contributed by atoms with Gasteiger partial charge >= 0.3 is 6.03 Å². The van der Waals surface area contributed by atoms with Gasteiger partial charge in [0.15, 0.2) is 0 Å². The van der Waals surface area contributed by atoms with Crippen LogP contribution in [0.3, 0.4) is 0 Å². The molecule has 1 aromatic rings. The minimum Gasteiger partial charge on any atom is -0.346 e. The number of amides is 5. The lowest BCUT2D eigenvalue weighted by Gasteiger charge is -2.36. The zero-order valence-electron chi connectivity index (χ0n) is 28.6. The van der Waals surface area contributed by atoms with E-state index in [0.29, 0.717) is 5.57 Å². The number of aromatic nitrogens is 1. The highest BCUT2D eigenvalue weighted by Gasteiger charge is 2.48. The smallest absolute Gasteiger partial charge is 0.315 e. The second kappa shape index (κ2) is 16.8. The Morgan fingerprint density at radius 3 is 2.29 bits per heavy atom. The van der Waals surface area contributed by atoms with Gasteiger partial charge in [-0.25, -0.2) is 4.79 Å². The monoisotopic (exact) mass is 682 g/mol. The molecule has 1 aliphatic heterocycles. The summed E-state index contributed by atoms with van der Waals surface area (Å²) in [6, 6.07) is 1.62. The van der Waals surface area contributed by atoms with E-state index in [9.17, 15) is 28.8 Å². The number of pyridine rings is 1. The number of Topliss-reactive ketones (excluding diaryl/α,β-unsaturated/α-hetero) is 1. The first-order valence-corrected chi connectivity index (χ1v) is 17.2. The van der Waals surface area contributed by atoms with E-state index in [1.165, 1.54) is 39.4 Å². The molecule has 5 atom stereocenters. The number of hydrogen-bond acceptors (Lipinski definition) is 7. The van der Waals surface area contributed by atoms with Gasteiger partial charge in [-0.1, -0.05) is 65.8 Å². The fourth-order valence-corrected chi connectivity index (χ4v) is 6.91. The first-order valence-electron chi connectivity index (χ1n) is 16.3. The van der Waals surface area contributed by atoms with E-state index in [1.807, 2.05) is 13.8 Å². The summed E-state index contributed by atoms with van der Waals surface area (Å²) in [5, 5.41) is 9.92. The van der Waals surface area contributed by atoms with Gasteiger partial charge in [0.05, 0.1) is 6.04 Å². The zero-order chi connectivity index (χ0) is 35.8. The van der Waals surface area contributed by atoms with Crippen molar-refractivity contribution in [2.24, 2.45) is 17.3 Å². The number of urea groups is 1. The lowest BCUT2D eigenvalue weighted by atomic mass is 9.85. The Morgan fingerprint density at radius 1 is 1.06 bits per heavy atom. The van der Waals surface area contributed by atoms with Crippen LogP contribution in [0.1, 0.15) is 53.9 Å². The standard InChI is InChI=1S/C35H50N6O6S/c1-9-17-36-31(45)28(43)32(48-23-14-13-15-23)39-30(44)27-24(10-2)22(5)19-41(27)33(46)29(35(6,7)8)38-34(47)37-25(21(3)4)20-40-18-12-11-16-26(40)42/h9-12,16,18,21,23-25,27,29,32H,1-2,5,13-15,17,19-20H2,3-4,6-8H3,(H,36,45)(H,39,44)(H2,37,38,47)/t24-,25+,27-,29+,32?/m0/s1. The molecule has 2 fully saturated rings. The average Bonchev–Trinajstić information content (AvgIpc) is 3.35. The van der Waals surface area contributed by atoms with Crippen LogP contribution in [0.5, 0.6) is 0 Å². The predicted molar refractivity (Wildman–Crippen MR) is 188 cm³/mol. The highest BCUT2D eigenvalue weighted by Crippen LogP contribution is 2.35. The van der Waals surface area contributed by atoms with Gasteiger partial charge in [0.2, 0.25) is 11.8 Å². The fraction of sp³-hybridized carbons (Fsp3) is 0.543. The SMILES string of the molecule is C=CCNC(=O)C(=O)C(NC(=O)[C@@H]1[C@@H](C=C)C(=C)CN1C(=O)[C@@H](NC(=O)N[C@H](Cn1ccccc1=O)C(C)C)C(C)(C)C)SC1CCC1. The van der Waals surface area contributed by atoms with E-state index < -0.39 is 64.4 Å². The number of rotatable bonds is 15. The molecule has 1 saturated carbocycles. The molecule has 1 aromatic heterocycles. The largest absolute Gasteiger partial charge is 0.346 e. The molecule has 12 nitrogen and oxygen atoms in total. The number of nitrogens with zero attached hydrogens (tertiary/aromatic N) is 2. The van der Waals surface area contributed by atoms with Crippen LogP contribution in [-0.2, 0) is 25.7 Å². The molecule has 13 heteroatoms. The zero-order valence-corrected chi connectivity index (χ0v) is 29.4. The van der Waals surface area contributed by atoms with E-state index in [1.54, 1.807) is 39.1 Å². The highest BCUT2D eigenvalue weighted by atomic mass is 32.2. The van der Waals surface area contributed by atoms with Crippen molar-refractivity contribution >= 4 is 41.3 Å². The maximum atomic E-state index is 14.3. The summed E-state index contributed by atoms with van der Waals surface area (Å²) < 4.78 is 1.51. The molecule has 1 saturated heterocycles. The quantitative estimate of drug-likeness (QED) is 0.126. The van der Waals surface area contributed by atoms with Crippen LogP contribution < -0.4 is 26.8 Å². The summed E-state index contributed by atoms with van der Waals surface area (Å²) in [6.45, 7) is 21.1. The topological polar surface area (TPSA) is 159 Å². The first kappa shape index (κ1) is 38.3. The molecule has 48 heavy (non-hydrogen) atoms. The van der Waals surface area contributed by atoms with Crippen molar-refractivity contribution in [3.8, 4) is 0 Å². The van der Waals surface area contributed by atoms with Crippen molar-refractivity contribution in [2.45, 2.75) is 89.2 Å². The minimum atomic E-state index is -1.16. The van der Waals surface area contributed by atoms with E-state index in [4.69, 9.17) is 0 Å². The van der Waals surface area contributed by atoms with Crippen molar-refractivity contribution in [1.82, 2.24) is 30.7 Å². The maximum absolute atomic E-state index is 14.3. The Labute approximate surface area is 287 Å². The summed E-state index contributed by atoms with van der Waals surface area (Å²) in [5.41, 5.74) is -0.410. The number of thioether (sulfide) groups is 1. The lowest BCUT2D eigenvalue weighted by molar-refractivity contribution is -0.143. The summed E-state index contributed by atoms with van der Waals surface area (Å²) in [7, 11) is 0. The summed E-state index contributed by atoms with van der Waals surface area (Å²) in [5.74, 6) is -3.44. The molecule has 0 spiro atoms. The van der Waals surface area contributed by atoms with E-state index in [2.05, 4.69) is 41.0 Å². The molecule has 0 bridgehead atoms. The van der Waals surface area contributed by atoms with Gasteiger partial charge in [-0.05, 0) is 35.8 Å². The van der Waals surface area contributed by atoms with Crippen LogP contribution >= 0.6 is 11.8 Å². The van der Waals surface area contributed by atoms with E-state index >= 15 is 0 Å². The Morgan fingerprint density at radius 2 is 1.75 bits per heavy atom. The third-order valence-corrected chi connectivity index (χ3v) is 10.1. The van der Waals surface area contributed by atoms with Crippen LogP contribution in [0.4, 0.5) is 4.79 Å². The van der Waals surface area contributed by atoms with Crippen molar-refractivity contribution in [1.29, 1.82) is 0 Å². The Balaban J connectivity index is 1.84. The van der Waals surface area contributed by atoms with Gasteiger partial charge in [-0.15, -0.1) is 24.9 Å². The highest BCUT2D eigenvalue weighted by molar-refractivity contribution is 8.01.